The Morgan fingerprint density at radius 2 is 1.47 bits per heavy atom. The first kappa shape index (κ1) is 26.9. The van der Waals surface area contributed by atoms with Gasteiger partial charge in [-0.25, -0.2) is 9.59 Å². The van der Waals surface area contributed by atoms with Gasteiger partial charge in [-0.15, -0.1) is 0 Å². The summed E-state index contributed by atoms with van der Waals surface area (Å²) in [6.07, 6.45) is 0.403. The zero-order chi connectivity index (χ0) is 26.5. The van der Waals surface area contributed by atoms with Gasteiger partial charge in [-0.05, 0) is 58.6 Å². The molecule has 3 rings (SSSR count). The zero-order valence-corrected chi connectivity index (χ0v) is 21.7. The Labute approximate surface area is 211 Å². The monoisotopic (exact) mass is 494 g/mol. The van der Waals surface area contributed by atoms with Gasteiger partial charge in [-0.1, -0.05) is 36.4 Å². The molecule has 2 aromatic rings. The molecule has 0 aliphatic heterocycles. The first-order valence-electron chi connectivity index (χ1n) is 11.8. The maximum absolute atomic E-state index is 13.0. The predicted octanol–water partition coefficient (Wildman–Crippen LogP) is 4.41. The number of benzene rings is 2. The van der Waals surface area contributed by atoms with Crippen LogP contribution in [0.1, 0.15) is 57.5 Å². The zero-order valence-electron chi connectivity index (χ0n) is 21.7. The highest BCUT2D eigenvalue weighted by atomic mass is 16.6. The van der Waals surface area contributed by atoms with E-state index in [0.717, 1.165) is 16.3 Å². The highest BCUT2D eigenvalue weighted by Gasteiger charge is 2.22. The number of rotatable bonds is 5. The van der Waals surface area contributed by atoms with Crippen LogP contribution in [0.4, 0.5) is 9.59 Å². The normalized spacial score (nSPS) is 13.1. The molecule has 0 aromatic heterocycles. The van der Waals surface area contributed by atoms with Crippen LogP contribution < -0.4 is 16.0 Å². The highest BCUT2D eigenvalue weighted by molar-refractivity contribution is 6.23. The largest absolute Gasteiger partial charge is 0.444 e. The Morgan fingerprint density at radius 1 is 0.889 bits per heavy atom. The first-order valence-corrected chi connectivity index (χ1v) is 11.8. The molecule has 0 unspecified atom stereocenters. The van der Waals surface area contributed by atoms with Gasteiger partial charge >= 0.3 is 12.2 Å². The van der Waals surface area contributed by atoms with Crippen LogP contribution in [0.3, 0.4) is 0 Å². The maximum Gasteiger partial charge on any atom is 0.414 e. The van der Waals surface area contributed by atoms with E-state index in [2.05, 4.69) is 20.9 Å². The Balaban J connectivity index is 1.61. The summed E-state index contributed by atoms with van der Waals surface area (Å²) in [4.78, 5) is 41.6. The fraction of sp³-hybridized carbons (Fsp3) is 0.407. The molecule has 9 nitrogen and oxygen atoms in total. The molecule has 0 spiro atoms. The van der Waals surface area contributed by atoms with Crippen molar-refractivity contribution in [1.82, 2.24) is 16.0 Å². The molecular formula is C27H34N4O5. The quantitative estimate of drug-likeness (QED) is 0.322. The van der Waals surface area contributed by atoms with Gasteiger partial charge in [0.25, 0.3) is 0 Å². The number of carbonyl (C=O) groups is 3. The Morgan fingerprint density at radius 3 is 2.06 bits per heavy atom. The lowest BCUT2D eigenvalue weighted by atomic mass is 9.88. The molecule has 3 N–H and O–H groups in total. The van der Waals surface area contributed by atoms with Crippen molar-refractivity contribution in [1.29, 1.82) is 0 Å². The van der Waals surface area contributed by atoms with Crippen molar-refractivity contribution >= 4 is 40.8 Å². The number of ketones is 1. The standard InChI is InChI=1S/C27H34N4O5/c1-26(2,3)35-24(33)30-23(31-25(34)36-27(4,5)6)29-14-13-28-16-19-15-18-11-7-9-17-10-8-12-20(21(17)18)22(19)32/h7-12,15,28H,13-14,16H2,1-6H3,(H2,29,30,31,33,34). The number of amides is 2. The highest BCUT2D eigenvalue weighted by Crippen LogP contribution is 2.30. The molecule has 0 fully saturated rings. The molecule has 0 saturated heterocycles. The Hall–Kier alpha value is -3.72. The summed E-state index contributed by atoms with van der Waals surface area (Å²) >= 11 is 0. The van der Waals surface area contributed by atoms with Crippen LogP contribution in [0.5, 0.6) is 0 Å². The lowest BCUT2D eigenvalue weighted by Crippen LogP contribution is -2.47. The van der Waals surface area contributed by atoms with Gasteiger partial charge in [0.05, 0.1) is 6.54 Å². The van der Waals surface area contributed by atoms with E-state index < -0.39 is 23.4 Å². The summed E-state index contributed by atoms with van der Waals surface area (Å²) in [6.45, 7) is 11.4. The van der Waals surface area contributed by atoms with Gasteiger partial charge in [0.15, 0.2) is 5.78 Å². The summed E-state index contributed by atoms with van der Waals surface area (Å²) in [5.74, 6) is -0.0944. The van der Waals surface area contributed by atoms with Crippen LogP contribution in [0.25, 0.3) is 16.8 Å². The number of aliphatic imine (C=N–C) groups is 1. The van der Waals surface area contributed by atoms with E-state index in [1.165, 1.54) is 0 Å². The number of Topliss-reactive ketones (excluding diaryl/α,β-unsaturated/α-hetero) is 1. The number of carbonyl (C=O) groups excluding carboxylic acids is 3. The minimum absolute atomic E-state index is 0.00539. The molecule has 2 aromatic carbocycles. The predicted molar refractivity (Wildman–Crippen MR) is 140 cm³/mol. The molecule has 36 heavy (non-hydrogen) atoms. The second-order valence-electron chi connectivity index (χ2n) is 10.4. The third-order valence-electron chi connectivity index (χ3n) is 4.92. The van der Waals surface area contributed by atoms with Crippen molar-refractivity contribution in [2.45, 2.75) is 52.7 Å². The number of alkyl carbamates (subject to hydrolysis) is 2. The summed E-state index contributed by atoms with van der Waals surface area (Å²) in [5.41, 5.74) is 0.940. The van der Waals surface area contributed by atoms with E-state index in [9.17, 15) is 14.4 Å². The average molecular weight is 495 g/mol. The second kappa shape index (κ2) is 10.9. The third kappa shape index (κ3) is 7.64. The number of nitrogens with one attached hydrogen (secondary N) is 3. The smallest absolute Gasteiger partial charge is 0.414 e. The van der Waals surface area contributed by atoms with Crippen molar-refractivity contribution in [3.05, 3.63) is 53.1 Å². The molecule has 1 aliphatic rings. The van der Waals surface area contributed by atoms with Crippen LogP contribution >= 0.6 is 0 Å². The molecule has 0 bridgehead atoms. The van der Waals surface area contributed by atoms with Gasteiger partial charge in [-0.2, -0.15) is 0 Å². The SMILES string of the molecule is CC(C)(C)OC(=O)NC(=NCCNCC1=Cc2cccc3cccc(c23)C1=O)NC(=O)OC(C)(C)C. The van der Waals surface area contributed by atoms with Crippen molar-refractivity contribution in [2.75, 3.05) is 19.6 Å². The number of hydrogen-bond acceptors (Lipinski definition) is 7. The molecule has 1 aliphatic carbocycles. The third-order valence-corrected chi connectivity index (χ3v) is 4.92. The average Bonchev–Trinajstić information content (AvgIpc) is 2.74. The maximum atomic E-state index is 13.0. The number of guanidine groups is 1. The van der Waals surface area contributed by atoms with E-state index >= 15 is 0 Å². The van der Waals surface area contributed by atoms with E-state index in [0.29, 0.717) is 24.2 Å². The number of nitrogens with zero attached hydrogens (tertiary/aromatic N) is 1. The van der Waals surface area contributed by atoms with Gasteiger partial charge in [-0.3, -0.25) is 20.4 Å². The molecule has 0 saturated carbocycles. The van der Waals surface area contributed by atoms with E-state index in [4.69, 9.17) is 9.47 Å². The molecule has 0 heterocycles. The molecule has 0 radical (unpaired) electrons. The Bertz CT molecular complexity index is 1180. The fourth-order valence-corrected chi connectivity index (χ4v) is 3.62. The van der Waals surface area contributed by atoms with Crippen molar-refractivity contribution in [2.24, 2.45) is 4.99 Å². The second-order valence-corrected chi connectivity index (χ2v) is 10.4. The summed E-state index contributed by atoms with van der Waals surface area (Å²) in [7, 11) is 0. The minimum Gasteiger partial charge on any atom is -0.444 e. The lowest BCUT2D eigenvalue weighted by Gasteiger charge is -2.22. The van der Waals surface area contributed by atoms with Crippen LogP contribution in [0.15, 0.2) is 47.0 Å². The van der Waals surface area contributed by atoms with E-state index in [1.807, 2.05) is 42.5 Å². The summed E-state index contributed by atoms with van der Waals surface area (Å²) in [6, 6.07) is 11.7. The van der Waals surface area contributed by atoms with Crippen LogP contribution in [0.2, 0.25) is 0 Å². The molecule has 0 atom stereocenters. The molecule has 192 valence electrons. The van der Waals surface area contributed by atoms with E-state index in [1.54, 1.807) is 41.5 Å². The van der Waals surface area contributed by atoms with Gasteiger partial charge in [0, 0.05) is 29.6 Å². The van der Waals surface area contributed by atoms with Gasteiger partial charge in [0.1, 0.15) is 11.2 Å². The molecular weight excluding hydrogens is 460 g/mol. The van der Waals surface area contributed by atoms with Crippen LogP contribution in [0, 0.1) is 0 Å². The van der Waals surface area contributed by atoms with Crippen LogP contribution in [-0.2, 0) is 9.47 Å². The van der Waals surface area contributed by atoms with Gasteiger partial charge in [0.2, 0.25) is 5.96 Å². The lowest BCUT2D eigenvalue weighted by molar-refractivity contribution is 0.0544. The van der Waals surface area contributed by atoms with Gasteiger partial charge < -0.3 is 14.8 Å². The van der Waals surface area contributed by atoms with Crippen molar-refractivity contribution in [3.8, 4) is 0 Å². The minimum atomic E-state index is -0.754. The van der Waals surface area contributed by atoms with E-state index in [-0.39, 0.29) is 18.3 Å². The summed E-state index contributed by atoms with van der Waals surface area (Å²) in [5, 5.41) is 10.1. The van der Waals surface area contributed by atoms with Crippen LogP contribution in [-0.4, -0.2) is 54.8 Å². The summed E-state index contributed by atoms with van der Waals surface area (Å²) < 4.78 is 10.5. The number of ether oxygens (including phenoxy) is 2. The number of hydrogen-bond donors (Lipinski definition) is 3. The fourth-order valence-electron chi connectivity index (χ4n) is 3.62. The Kier molecular flexibility index (Phi) is 8.14. The molecule has 9 heteroatoms. The first-order chi connectivity index (χ1) is 16.8. The molecule has 2 amide bonds. The topological polar surface area (TPSA) is 118 Å². The van der Waals surface area contributed by atoms with Crippen molar-refractivity contribution in [3.63, 3.8) is 0 Å². The van der Waals surface area contributed by atoms with Crippen molar-refractivity contribution < 1.29 is 23.9 Å².